The van der Waals surface area contributed by atoms with Crippen LogP contribution in [0.15, 0.2) is 18.5 Å². The van der Waals surface area contributed by atoms with E-state index in [1.807, 2.05) is 0 Å². The van der Waals surface area contributed by atoms with Crippen LogP contribution >= 0.6 is 0 Å². The third kappa shape index (κ3) is 2.81. The Hall–Kier alpha value is -1.98. The third-order valence-corrected chi connectivity index (χ3v) is 1.39. The minimum atomic E-state index is -0.519. The lowest BCUT2D eigenvalue weighted by atomic mass is 10.5. The quantitative estimate of drug-likeness (QED) is 0.650. The predicted octanol–water partition coefficient (Wildman–Crippen LogP) is -0.621. The van der Waals surface area contributed by atoms with Crippen LogP contribution in [0.5, 0.6) is 0 Å². The summed E-state index contributed by atoms with van der Waals surface area (Å²) in [6.45, 7) is -0.187. The van der Waals surface area contributed by atoms with Crippen molar-refractivity contribution in [1.29, 1.82) is 0 Å². The van der Waals surface area contributed by atoms with Crippen LogP contribution < -0.4 is 5.32 Å². The lowest BCUT2D eigenvalue weighted by Gasteiger charge is -2.01. The van der Waals surface area contributed by atoms with Gasteiger partial charge in [0, 0.05) is 12.4 Å². The molecule has 74 valence electrons. The Balaban J connectivity index is 2.48. The molecule has 1 heterocycles. The summed E-state index contributed by atoms with van der Waals surface area (Å²) in [4.78, 5) is 29.3. The summed E-state index contributed by atoms with van der Waals surface area (Å²) in [5.74, 6) is -0.998. The SMILES string of the molecule is COC(=O)CNC(=O)c1ncccn1. The lowest BCUT2D eigenvalue weighted by Crippen LogP contribution is -2.31. The number of rotatable bonds is 3. The van der Waals surface area contributed by atoms with Gasteiger partial charge in [0.15, 0.2) is 0 Å². The van der Waals surface area contributed by atoms with E-state index in [1.54, 1.807) is 6.07 Å². The monoisotopic (exact) mass is 195 g/mol. The second kappa shape index (κ2) is 4.90. The van der Waals surface area contributed by atoms with Gasteiger partial charge in [-0.2, -0.15) is 0 Å². The maximum absolute atomic E-state index is 11.2. The fraction of sp³-hybridized carbons (Fsp3) is 0.250. The van der Waals surface area contributed by atoms with Crippen molar-refractivity contribution in [2.75, 3.05) is 13.7 Å². The Kier molecular flexibility index (Phi) is 3.54. The summed E-state index contributed by atoms with van der Waals surface area (Å²) in [7, 11) is 1.24. The molecule has 1 N–H and O–H groups in total. The molecule has 0 unspecified atom stereocenters. The number of hydrogen-bond donors (Lipinski definition) is 1. The summed E-state index contributed by atoms with van der Waals surface area (Å²) in [6.07, 6.45) is 2.89. The number of methoxy groups -OCH3 is 1. The first-order valence-corrected chi connectivity index (χ1v) is 3.86. The lowest BCUT2D eigenvalue weighted by molar-refractivity contribution is -0.139. The van der Waals surface area contributed by atoms with Crippen molar-refractivity contribution in [2.24, 2.45) is 0 Å². The maximum atomic E-state index is 11.2. The van der Waals surface area contributed by atoms with E-state index in [2.05, 4.69) is 20.0 Å². The van der Waals surface area contributed by atoms with Crippen molar-refractivity contribution in [2.45, 2.75) is 0 Å². The zero-order chi connectivity index (χ0) is 10.4. The molecule has 1 amide bonds. The Bertz CT molecular complexity index is 326. The van der Waals surface area contributed by atoms with Crippen molar-refractivity contribution >= 4 is 11.9 Å². The molecule has 6 nitrogen and oxygen atoms in total. The average molecular weight is 195 g/mol. The van der Waals surface area contributed by atoms with Crippen LogP contribution in [-0.4, -0.2) is 35.5 Å². The number of nitrogens with zero attached hydrogens (tertiary/aromatic N) is 2. The molecule has 0 aliphatic heterocycles. The van der Waals surface area contributed by atoms with Gasteiger partial charge < -0.3 is 10.1 Å². The van der Waals surface area contributed by atoms with E-state index in [0.29, 0.717) is 0 Å². The molecule has 0 aliphatic rings. The summed E-state index contributed by atoms with van der Waals surface area (Å²) >= 11 is 0. The van der Waals surface area contributed by atoms with E-state index in [0.717, 1.165) is 0 Å². The molecule has 0 spiro atoms. The van der Waals surface area contributed by atoms with Crippen molar-refractivity contribution < 1.29 is 14.3 Å². The molecule has 14 heavy (non-hydrogen) atoms. The predicted molar refractivity (Wildman–Crippen MR) is 46.4 cm³/mol. The van der Waals surface area contributed by atoms with Gasteiger partial charge in [-0.1, -0.05) is 0 Å². The molecule has 0 atom stereocenters. The highest BCUT2D eigenvalue weighted by Gasteiger charge is 2.09. The first kappa shape index (κ1) is 10.1. The first-order valence-electron chi connectivity index (χ1n) is 3.86. The second-order valence-corrected chi connectivity index (χ2v) is 2.33. The van der Waals surface area contributed by atoms with E-state index in [1.165, 1.54) is 19.5 Å². The van der Waals surface area contributed by atoms with Gasteiger partial charge in [0.25, 0.3) is 5.91 Å². The number of nitrogens with one attached hydrogen (secondary N) is 1. The van der Waals surface area contributed by atoms with Gasteiger partial charge in [0.05, 0.1) is 7.11 Å². The number of ether oxygens (including phenoxy) is 1. The highest BCUT2D eigenvalue weighted by molar-refractivity contribution is 5.92. The van der Waals surface area contributed by atoms with Crippen LogP contribution in [0, 0.1) is 0 Å². The summed E-state index contributed by atoms with van der Waals surface area (Å²) in [5.41, 5.74) is 0. The van der Waals surface area contributed by atoms with Gasteiger partial charge in [0.1, 0.15) is 6.54 Å². The number of amides is 1. The molecule has 1 aromatic rings. The highest BCUT2D eigenvalue weighted by atomic mass is 16.5. The molecule has 0 radical (unpaired) electrons. The molecular weight excluding hydrogens is 186 g/mol. The van der Waals surface area contributed by atoms with Gasteiger partial charge in [-0.05, 0) is 6.07 Å². The van der Waals surface area contributed by atoms with E-state index >= 15 is 0 Å². The minimum absolute atomic E-state index is 0.0244. The number of carbonyl (C=O) groups excluding carboxylic acids is 2. The molecule has 1 rings (SSSR count). The van der Waals surface area contributed by atoms with Crippen LogP contribution in [0.2, 0.25) is 0 Å². The number of hydrogen-bond acceptors (Lipinski definition) is 5. The third-order valence-electron chi connectivity index (χ3n) is 1.39. The van der Waals surface area contributed by atoms with Crippen LogP contribution in [0.25, 0.3) is 0 Å². The zero-order valence-corrected chi connectivity index (χ0v) is 7.56. The molecule has 0 saturated heterocycles. The normalized spacial score (nSPS) is 9.21. The molecule has 0 aliphatic carbocycles. The van der Waals surface area contributed by atoms with E-state index in [4.69, 9.17) is 0 Å². The van der Waals surface area contributed by atoms with Crippen LogP contribution in [-0.2, 0) is 9.53 Å². The minimum Gasteiger partial charge on any atom is -0.468 e. The van der Waals surface area contributed by atoms with Gasteiger partial charge in [0.2, 0.25) is 5.82 Å². The second-order valence-electron chi connectivity index (χ2n) is 2.33. The Labute approximate surface area is 80.3 Å². The zero-order valence-electron chi connectivity index (χ0n) is 7.56. The average Bonchev–Trinajstić information content (AvgIpc) is 2.26. The smallest absolute Gasteiger partial charge is 0.325 e. The maximum Gasteiger partial charge on any atom is 0.325 e. The Morgan fingerprint density at radius 1 is 1.43 bits per heavy atom. The number of esters is 1. The Morgan fingerprint density at radius 3 is 2.64 bits per heavy atom. The van der Waals surface area contributed by atoms with Gasteiger partial charge in [-0.3, -0.25) is 9.59 Å². The summed E-state index contributed by atoms with van der Waals surface area (Å²) in [6, 6.07) is 1.59. The highest BCUT2D eigenvalue weighted by Crippen LogP contribution is 1.86. The van der Waals surface area contributed by atoms with Crippen LogP contribution in [0.1, 0.15) is 10.6 Å². The number of carbonyl (C=O) groups is 2. The van der Waals surface area contributed by atoms with Gasteiger partial charge in [-0.25, -0.2) is 9.97 Å². The molecule has 0 bridgehead atoms. The van der Waals surface area contributed by atoms with Gasteiger partial charge >= 0.3 is 5.97 Å². The summed E-state index contributed by atoms with van der Waals surface area (Å²) in [5, 5.41) is 2.31. The first-order chi connectivity index (χ1) is 6.74. The fourth-order valence-electron chi connectivity index (χ4n) is 0.720. The van der Waals surface area contributed by atoms with Gasteiger partial charge in [-0.15, -0.1) is 0 Å². The van der Waals surface area contributed by atoms with Crippen molar-refractivity contribution in [3.63, 3.8) is 0 Å². The molecule has 1 aromatic heterocycles. The number of aromatic nitrogens is 2. The van der Waals surface area contributed by atoms with E-state index in [-0.39, 0.29) is 12.4 Å². The molecule has 0 fully saturated rings. The molecular formula is C8H9N3O3. The van der Waals surface area contributed by atoms with Crippen molar-refractivity contribution in [3.05, 3.63) is 24.3 Å². The van der Waals surface area contributed by atoms with Crippen LogP contribution in [0.4, 0.5) is 0 Å². The van der Waals surface area contributed by atoms with E-state index in [9.17, 15) is 9.59 Å². The standard InChI is InChI=1S/C8H9N3O3/c1-14-6(12)5-11-8(13)7-9-3-2-4-10-7/h2-4H,5H2,1H3,(H,11,13). The van der Waals surface area contributed by atoms with Crippen molar-refractivity contribution in [1.82, 2.24) is 15.3 Å². The largest absolute Gasteiger partial charge is 0.468 e. The molecule has 0 saturated carbocycles. The van der Waals surface area contributed by atoms with Crippen molar-refractivity contribution in [3.8, 4) is 0 Å². The summed E-state index contributed by atoms with van der Waals surface area (Å²) < 4.78 is 4.34. The topological polar surface area (TPSA) is 81.2 Å². The molecule has 6 heteroatoms. The van der Waals surface area contributed by atoms with E-state index < -0.39 is 11.9 Å². The Morgan fingerprint density at radius 2 is 2.07 bits per heavy atom. The van der Waals surface area contributed by atoms with Crippen LogP contribution in [0.3, 0.4) is 0 Å². The molecule has 0 aromatic carbocycles. The fourth-order valence-corrected chi connectivity index (χ4v) is 0.720.